The predicted octanol–water partition coefficient (Wildman–Crippen LogP) is 2.06. The van der Waals surface area contributed by atoms with Gasteiger partial charge in [0.1, 0.15) is 5.82 Å². The van der Waals surface area contributed by atoms with Crippen molar-refractivity contribution in [3.8, 4) is 0 Å². The normalized spacial score (nSPS) is 10.0. The maximum Gasteiger partial charge on any atom is 0.359 e. The van der Waals surface area contributed by atoms with Crippen LogP contribution in [-0.4, -0.2) is 28.5 Å². The first-order chi connectivity index (χ1) is 10.1. The molecule has 0 aliphatic carbocycles. The first-order valence-electron chi connectivity index (χ1n) is 5.74. The fourth-order valence-electron chi connectivity index (χ4n) is 1.39. The van der Waals surface area contributed by atoms with Crippen LogP contribution in [0.5, 0.6) is 0 Å². The zero-order valence-corrected chi connectivity index (χ0v) is 11.3. The number of aromatic nitrogens is 2. The molecule has 0 saturated heterocycles. The van der Waals surface area contributed by atoms with E-state index >= 15 is 0 Å². The minimum atomic E-state index is -0.801. The summed E-state index contributed by atoms with van der Waals surface area (Å²) < 4.78 is 18.1. The van der Waals surface area contributed by atoms with Crippen molar-refractivity contribution in [3.05, 3.63) is 53.3 Å². The van der Waals surface area contributed by atoms with E-state index < -0.39 is 24.3 Å². The van der Waals surface area contributed by atoms with Crippen LogP contribution in [0, 0.1) is 5.82 Å². The molecule has 0 atom stereocenters. The molecule has 0 aliphatic rings. The molecule has 1 heterocycles. The van der Waals surface area contributed by atoms with E-state index in [2.05, 4.69) is 15.3 Å². The van der Waals surface area contributed by atoms with Crippen LogP contribution in [0.25, 0.3) is 0 Å². The second kappa shape index (κ2) is 6.76. The SMILES string of the molecule is O=C(COC(=O)c1cnccn1)Nc1cc(Cl)ccc1F. The molecule has 1 N–H and O–H groups in total. The molecule has 0 radical (unpaired) electrons. The molecule has 1 aromatic carbocycles. The Labute approximate surface area is 123 Å². The summed E-state index contributed by atoms with van der Waals surface area (Å²) in [5.41, 5.74) is -0.123. The predicted molar refractivity (Wildman–Crippen MR) is 72.4 cm³/mol. The number of anilines is 1. The maximum absolute atomic E-state index is 13.4. The van der Waals surface area contributed by atoms with Gasteiger partial charge in [-0.15, -0.1) is 0 Å². The Morgan fingerprint density at radius 1 is 1.33 bits per heavy atom. The maximum atomic E-state index is 13.4. The van der Waals surface area contributed by atoms with E-state index in [1.807, 2.05) is 0 Å². The molecule has 0 saturated carbocycles. The Balaban J connectivity index is 1.91. The highest BCUT2D eigenvalue weighted by molar-refractivity contribution is 6.30. The molecule has 108 valence electrons. The highest BCUT2D eigenvalue weighted by Gasteiger charge is 2.13. The second-order valence-corrected chi connectivity index (χ2v) is 4.28. The molecule has 1 aromatic heterocycles. The van der Waals surface area contributed by atoms with Gasteiger partial charge in [-0.1, -0.05) is 11.6 Å². The monoisotopic (exact) mass is 309 g/mol. The average molecular weight is 310 g/mol. The molecule has 0 unspecified atom stereocenters. The zero-order chi connectivity index (χ0) is 15.2. The fourth-order valence-corrected chi connectivity index (χ4v) is 1.56. The average Bonchev–Trinajstić information content (AvgIpc) is 2.49. The van der Waals surface area contributed by atoms with Crippen LogP contribution in [0.3, 0.4) is 0 Å². The minimum Gasteiger partial charge on any atom is -0.451 e. The van der Waals surface area contributed by atoms with Gasteiger partial charge in [0.05, 0.1) is 11.9 Å². The Kier molecular flexibility index (Phi) is 4.78. The van der Waals surface area contributed by atoms with E-state index in [9.17, 15) is 14.0 Å². The summed E-state index contributed by atoms with van der Waals surface area (Å²) >= 11 is 5.69. The molecule has 21 heavy (non-hydrogen) atoms. The summed E-state index contributed by atoms with van der Waals surface area (Å²) in [5, 5.41) is 2.51. The van der Waals surface area contributed by atoms with Gasteiger partial charge in [0.25, 0.3) is 5.91 Å². The smallest absolute Gasteiger partial charge is 0.359 e. The Morgan fingerprint density at radius 3 is 2.86 bits per heavy atom. The van der Waals surface area contributed by atoms with Crippen molar-refractivity contribution in [1.29, 1.82) is 0 Å². The van der Waals surface area contributed by atoms with Crippen LogP contribution in [-0.2, 0) is 9.53 Å². The third kappa shape index (κ3) is 4.22. The van der Waals surface area contributed by atoms with Gasteiger partial charge in [-0.25, -0.2) is 14.2 Å². The third-order valence-corrected chi connectivity index (χ3v) is 2.54. The van der Waals surface area contributed by atoms with Crippen LogP contribution < -0.4 is 5.32 Å². The number of nitrogens with one attached hydrogen (secondary N) is 1. The number of halogens is 2. The Hall–Kier alpha value is -2.54. The fraction of sp³-hybridized carbons (Fsp3) is 0.0769. The largest absolute Gasteiger partial charge is 0.451 e. The van der Waals surface area contributed by atoms with Crippen molar-refractivity contribution in [1.82, 2.24) is 9.97 Å². The molecule has 0 spiro atoms. The van der Waals surface area contributed by atoms with E-state index in [1.165, 1.54) is 30.7 Å². The van der Waals surface area contributed by atoms with Gasteiger partial charge in [0.15, 0.2) is 12.3 Å². The number of ether oxygens (including phenoxy) is 1. The molecule has 0 aliphatic heterocycles. The molecule has 0 bridgehead atoms. The number of benzene rings is 1. The summed E-state index contributed by atoms with van der Waals surface area (Å²) in [4.78, 5) is 30.5. The third-order valence-electron chi connectivity index (χ3n) is 2.31. The number of carbonyl (C=O) groups is 2. The summed E-state index contributed by atoms with van der Waals surface area (Å²) in [6.45, 7) is -0.582. The topological polar surface area (TPSA) is 81.2 Å². The summed E-state index contributed by atoms with van der Waals surface area (Å²) in [6.07, 6.45) is 3.92. The van der Waals surface area contributed by atoms with Gasteiger partial charge in [0.2, 0.25) is 0 Å². The van der Waals surface area contributed by atoms with Crippen molar-refractivity contribution in [2.45, 2.75) is 0 Å². The lowest BCUT2D eigenvalue weighted by Crippen LogP contribution is -2.21. The van der Waals surface area contributed by atoms with Gasteiger partial charge in [-0.3, -0.25) is 9.78 Å². The van der Waals surface area contributed by atoms with E-state index in [0.29, 0.717) is 0 Å². The first-order valence-corrected chi connectivity index (χ1v) is 6.12. The van der Waals surface area contributed by atoms with E-state index in [1.54, 1.807) is 0 Å². The lowest BCUT2D eigenvalue weighted by atomic mass is 10.3. The van der Waals surface area contributed by atoms with E-state index in [4.69, 9.17) is 16.3 Å². The Morgan fingerprint density at radius 2 is 2.14 bits per heavy atom. The molecule has 0 fully saturated rings. The van der Waals surface area contributed by atoms with E-state index in [-0.39, 0.29) is 16.4 Å². The lowest BCUT2D eigenvalue weighted by Gasteiger charge is -2.07. The van der Waals surface area contributed by atoms with Crippen molar-refractivity contribution < 1.29 is 18.7 Å². The number of carbonyl (C=O) groups excluding carboxylic acids is 2. The molecule has 1 amide bonds. The van der Waals surface area contributed by atoms with Gasteiger partial charge >= 0.3 is 5.97 Å². The van der Waals surface area contributed by atoms with Crippen LogP contribution in [0.15, 0.2) is 36.8 Å². The first kappa shape index (κ1) is 14.9. The number of nitrogens with zero attached hydrogens (tertiary/aromatic N) is 2. The number of rotatable bonds is 4. The molecular formula is C13H9ClFN3O3. The zero-order valence-electron chi connectivity index (χ0n) is 10.5. The number of hydrogen-bond acceptors (Lipinski definition) is 5. The summed E-state index contributed by atoms with van der Waals surface area (Å²) in [7, 11) is 0. The van der Waals surface area contributed by atoms with E-state index in [0.717, 1.165) is 6.07 Å². The molecular weight excluding hydrogens is 301 g/mol. The van der Waals surface area contributed by atoms with Crippen molar-refractivity contribution in [2.75, 3.05) is 11.9 Å². The lowest BCUT2D eigenvalue weighted by molar-refractivity contribution is -0.119. The second-order valence-electron chi connectivity index (χ2n) is 3.84. The van der Waals surface area contributed by atoms with Crippen LogP contribution >= 0.6 is 11.6 Å². The van der Waals surface area contributed by atoms with Crippen LogP contribution in [0.4, 0.5) is 10.1 Å². The number of hydrogen-bond donors (Lipinski definition) is 1. The van der Waals surface area contributed by atoms with Crippen molar-refractivity contribution in [2.24, 2.45) is 0 Å². The van der Waals surface area contributed by atoms with Crippen LogP contribution in [0.2, 0.25) is 5.02 Å². The standard InChI is InChI=1S/C13H9ClFN3O3/c14-8-1-2-9(15)10(5-8)18-12(19)7-21-13(20)11-6-16-3-4-17-11/h1-6H,7H2,(H,18,19). The molecule has 8 heteroatoms. The highest BCUT2D eigenvalue weighted by Crippen LogP contribution is 2.19. The molecule has 6 nitrogen and oxygen atoms in total. The van der Waals surface area contributed by atoms with Crippen molar-refractivity contribution in [3.63, 3.8) is 0 Å². The van der Waals surface area contributed by atoms with Gasteiger partial charge in [-0.2, -0.15) is 0 Å². The number of amides is 1. The van der Waals surface area contributed by atoms with Crippen LogP contribution in [0.1, 0.15) is 10.5 Å². The van der Waals surface area contributed by atoms with Gasteiger partial charge < -0.3 is 10.1 Å². The Bertz CT molecular complexity index is 667. The number of esters is 1. The van der Waals surface area contributed by atoms with Gasteiger partial charge in [-0.05, 0) is 18.2 Å². The molecule has 2 aromatic rings. The highest BCUT2D eigenvalue weighted by atomic mass is 35.5. The minimum absolute atomic E-state index is 0.0285. The summed E-state index contributed by atoms with van der Waals surface area (Å²) in [6, 6.07) is 3.71. The summed E-state index contributed by atoms with van der Waals surface area (Å²) in [5.74, 6) is -2.15. The van der Waals surface area contributed by atoms with Crippen molar-refractivity contribution >= 4 is 29.2 Å². The van der Waals surface area contributed by atoms with Gasteiger partial charge in [0, 0.05) is 17.4 Å². The quantitative estimate of drug-likeness (QED) is 0.874. The molecule has 2 rings (SSSR count).